The molecule has 17 heavy (non-hydrogen) atoms. The van der Waals surface area contributed by atoms with Crippen LogP contribution in [0.3, 0.4) is 0 Å². The number of aryl methyl sites for hydroxylation is 1. The highest BCUT2D eigenvalue weighted by Crippen LogP contribution is 2.28. The summed E-state index contributed by atoms with van der Waals surface area (Å²) < 4.78 is 1.97. The number of carbonyl (C=O) groups is 1. The van der Waals surface area contributed by atoms with Crippen molar-refractivity contribution in [2.45, 2.75) is 13.5 Å². The van der Waals surface area contributed by atoms with Gasteiger partial charge in [-0.05, 0) is 31.2 Å². The number of benzene rings is 1. The SMILES string of the molecule is CCn1c(/C=C/C=O)nc2cc(Cl)c(Cl)cc21. The number of aromatic nitrogens is 2. The Balaban J connectivity index is 2.70. The van der Waals surface area contributed by atoms with Crippen LogP contribution in [0.2, 0.25) is 10.0 Å². The first kappa shape index (κ1) is 12.1. The molecule has 88 valence electrons. The minimum absolute atomic E-state index is 0.478. The van der Waals surface area contributed by atoms with E-state index in [0.717, 1.165) is 23.9 Å². The Morgan fingerprint density at radius 1 is 1.35 bits per heavy atom. The number of hydrogen-bond acceptors (Lipinski definition) is 2. The first-order valence-electron chi connectivity index (χ1n) is 5.14. The summed E-state index contributed by atoms with van der Waals surface area (Å²) in [5.74, 6) is 0.716. The average Bonchev–Trinajstić information content (AvgIpc) is 2.64. The Labute approximate surface area is 109 Å². The average molecular weight is 269 g/mol. The number of allylic oxidation sites excluding steroid dienone is 1. The molecule has 0 N–H and O–H groups in total. The second-order valence-corrected chi connectivity index (χ2v) is 4.28. The van der Waals surface area contributed by atoms with Crippen molar-refractivity contribution in [2.75, 3.05) is 0 Å². The van der Waals surface area contributed by atoms with Crippen LogP contribution < -0.4 is 0 Å². The van der Waals surface area contributed by atoms with E-state index in [2.05, 4.69) is 4.98 Å². The Hall–Kier alpha value is -1.32. The van der Waals surface area contributed by atoms with Crippen LogP contribution in [0, 0.1) is 0 Å². The molecule has 0 aliphatic rings. The lowest BCUT2D eigenvalue weighted by Crippen LogP contribution is -1.96. The summed E-state index contributed by atoms with van der Waals surface area (Å²) >= 11 is 11.9. The number of fused-ring (bicyclic) bond motifs is 1. The maximum Gasteiger partial charge on any atom is 0.142 e. The van der Waals surface area contributed by atoms with Crippen molar-refractivity contribution in [1.29, 1.82) is 0 Å². The summed E-state index contributed by atoms with van der Waals surface area (Å²) in [5.41, 5.74) is 1.68. The molecule has 0 amide bonds. The molecule has 1 heterocycles. The predicted molar refractivity (Wildman–Crippen MR) is 70.5 cm³/mol. The lowest BCUT2D eigenvalue weighted by atomic mass is 10.3. The molecule has 0 unspecified atom stereocenters. The van der Waals surface area contributed by atoms with Crippen LogP contribution in [0.1, 0.15) is 12.7 Å². The zero-order valence-corrected chi connectivity index (χ0v) is 10.7. The van der Waals surface area contributed by atoms with E-state index in [4.69, 9.17) is 23.2 Å². The normalized spacial score (nSPS) is 11.5. The Morgan fingerprint density at radius 2 is 2.06 bits per heavy atom. The van der Waals surface area contributed by atoms with Gasteiger partial charge in [0, 0.05) is 6.54 Å². The standard InChI is InChI=1S/C12H10Cl2N2O/c1-2-16-11-7-9(14)8(13)6-10(11)15-12(16)4-3-5-17/h3-7H,2H2,1H3/b4-3+. The molecule has 0 bridgehead atoms. The fourth-order valence-electron chi connectivity index (χ4n) is 1.72. The van der Waals surface area contributed by atoms with Crippen molar-refractivity contribution >= 4 is 46.6 Å². The zero-order valence-electron chi connectivity index (χ0n) is 9.15. The number of nitrogens with zero attached hydrogens (tertiary/aromatic N) is 2. The number of halogens is 2. The van der Waals surface area contributed by atoms with Gasteiger partial charge in [0.1, 0.15) is 12.1 Å². The molecule has 0 aliphatic heterocycles. The molecule has 0 atom stereocenters. The van der Waals surface area contributed by atoms with Gasteiger partial charge in [0.15, 0.2) is 0 Å². The van der Waals surface area contributed by atoms with Crippen molar-refractivity contribution in [3.8, 4) is 0 Å². The van der Waals surface area contributed by atoms with Gasteiger partial charge in [0.05, 0.1) is 21.1 Å². The number of rotatable bonds is 3. The van der Waals surface area contributed by atoms with Crippen LogP contribution in [0.5, 0.6) is 0 Å². The first-order valence-corrected chi connectivity index (χ1v) is 5.90. The molecule has 0 spiro atoms. The van der Waals surface area contributed by atoms with Gasteiger partial charge in [-0.25, -0.2) is 4.98 Å². The smallest absolute Gasteiger partial charge is 0.142 e. The maximum absolute atomic E-state index is 10.3. The van der Waals surface area contributed by atoms with Crippen molar-refractivity contribution in [1.82, 2.24) is 9.55 Å². The van der Waals surface area contributed by atoms with Crippen LogP contribution in [0.15, 0.2) is 18.2 Å². The van der Waals surface area contributed by atoms with Crippen molar-refractivity contribution in [3.63, 3.8) is 0 Å². The quantitative estimate of drug-likeness (QED) is 0.630. The summed E-state index contributed by atoms with van der Waals surface area (Å²) in [7, 11) is 0. The monoisotopic (exact) mass is 268 g/mol. The lowest BCUT2D eigenvalue weighted by molar-refractivity contribution is -0.104. The third kappa shape index (κ3) is 2.21. The van der Waals surface area contributed by atoms with Gasteiger partial charge < -0.3 is 4.57 Å². The molecule has 5 heteroatoms. The molecule has 1 aromatic carbocycles. The Kier molecular flexibility index (Phi) is 3.50. The lowest BCUT2D eigenvalue weighted by Gasteiger charge is -2.02. The number of aldehydes is 1. The topological polar surface area (TPSA) is 34.9 Å². The van der Waals surface area contributed by atoms with E-state index in [1.165, 1.54) is 6.08 Å². The second kappa shape index (κ2) is 4.90. The molecule has 0 saturated heterocycles. The van der Waals surface area contributed by atoms with Gasteiger partial charge in [0.2, 0.25) is 0 Å². The predicted octanol–water partition coefficient (Wildman–Crippen LogP) is 3.58. The minimum atomic E-state index is 0.478. The molecule has 0 radical (unpaired) electrons. The van der Waals surface area contributed by atoms with Crippen molar-refractivity contribution < 1.29 is 4.79 Å². The molecule has 3 nitrogen and oxygen atoms in total. The molecule has 0 fully saturated rings. The summed E-state index contributed by atoms with van der Waals surface area (Å²) in [6.45, 7) is 2.74. The highest BCUT2D eigenvalue weighted by Gasteiger charge is 2.10. The first-order chi connectivity index (χ1) is 8.17. The largest absolute Gasteiger partial charge is 0.325 e. The fourth-order valence-corrected chi connectivity index (χ4v) is 2.04. The van der Waals surface area contributed by atoms with Gasteiger partial charge in [-0.15, -0.1) is 0 Å². The van der Waals surface area contributed by atoms with Crippen LogP contribution in [0.4, 0.5) is 0 Å². The fraction of sp³-hybridized carbons (Fsp3) is 0.167. The molecule has 2 aromatic rings. The van der Waals surface area contributed by atoms with E-state index >= 15 is 0 Å². The van der Waals surface area contributed by atoms with Crippen LogP contribution >= 0.6 is 23.2 Å². The summed E-state index contributed by atoms with van der Waals surface area (Å²) in [6.07, 6.45) is 3.80. The highest BCUT2D eigenvalue weighted by atomic mass is 35.5. The second-order valence-electron chi connectivity index (χ2n) is 3.46. The van der Waals surface area contributed by atoms with E-state index in [-0.39, 0.29) is 0 Å². The van der Waals surface area contributed by atoms with Gasteiger partial charge in [-0.1, -0.05) is 23.2 Å². The van der Waals surface area contributed by atoms with Gasteiger partial charge in [-0.3, -0.25) is 4.79 Å². The number of imidazole rings is 1. The minimum Gasteiger partial charge on any atom is -0.325 e. The van der Waals surface area contributed by atoms with E-state index in [1.54, 1.807) is 18.2 Å². The van der Waals surface area contributed by atoms with Crippen LogP contribution in [-0.2, 0) is 11.3 Å². The van der Waals surface area contributed by atoms with E-state index in [0.29, 0.717) is 15.9 Å². The van der Waals surface area contributed by atoms with Crippen LogP contribution in [-0.4, -0.2) is 15.8 Å². The molecule has 2 rings (SSSR count). The highest BCUT2D eigenvalue weighted by molar-refractivity contribution is 6.42. The summed E-state index contributed by atoms with van der Waals surface area (Å²) in [4.78, 5) is 14.7. The van der Waals surface area contributed by atoms with Crippen molar-refractivity contribution in [2.24, 2.45) is 0 Å². The summed E-state index contributed by atoms with van der Waals surface area (Å²) in [6, 6.07) is 3.51. The maximum atomic E-state index is 10.3. The Bertz CT molecular complexity index is 602. The van der Waals surface area contributed by atoms with Crippen molar-refractivity contribution in [3.05, 3.63) is 34.1 Å². The van der Waals surface area contributed by atoms with E-state index < -0.39 is 0 Å². The Morgan fingerprint density at radius 3 is 2.71 bits per heavy atom. The summed E-state index contributed by atoms with van der Waals surface area (Å²) in [5, 5.41) is 0.977. The molecule has 0 saturated carbocycles. The number of carbonyl (C=O) groups excluding carboxylic acids is 1. The van der Waals surface area contributed by atoms with Gasteiger partial charge >= 0.3 is 0 Å². The van der Waals surface area contributed by atoms with Gasteiger partial charge in [-0.2, -0.15) is 0 Å². The van der Waals surface area contributed by atoms with Gasteiger partial charge in [0.25, 0.3) is 0 Å². The zero-order chi connectivity index (χ0) is 12.4. The molecular weight excluding hydrogens is 259 g/mol. The van der Waals surface area contributed by atoms with E-state index in [9.17, 15) is 4.79 Å². The number of hydrogen-bond donors (Lipinski definition) is 0. The molecule has 0 aliphatic carbocycles. The van der Waals surface area contributed by atoms with Crippen LogP contribution in [0.25, 0.3) is 17.1 Å². The third-order valence-electron chi connectivity index (χ3n) is 2.46. The molecule has 1 aromatic heterocycles. The van der Waals surface area contributed by atoms with E-state index in [1.807, 2.05) is 11.5 Å². The third-order valence-corrected chi connectivity index (χ3v) is 3.18. The molecular formula is C12H10Cl2N2O.